The van der Waals surface area contributed by atoms with E-state index in [0.717, 1.165) is 6.42 Å². The van der Waals surface area contributed by atoms with Gasteiger partial charge in [-0.3, -0.25) is 0 Å². The molecule has 0 aromatic heterocycles. The minimum atomic E-state index is -0.751. The largest absolute Gasteiger partial charge is 0.387 e. The fourth-order valence-corrected chi connectivity index (χ4v) is 2.15. The van der Waals surface area contributed by atoms with Crippen LogP contribution in [0.4, 0.5) is 4.39 Å². The molecule has 1 fully saturated rings. The van der Waals surface area contributed by atoms with Gasteiger partial charge < -0.3 is 10.4 Å². The Kier molecular flexibility index (Phi) is 2.52. The SMILES string of the molecule is CC1(C)C[C@@H]([C@@H](O)c2ccccc2F)N1. The van der Waals surface area contributed by atoms with Gasteiger partial charge in [-0.25, -0.2) is 4.39 Å². The quantitative estimate of drug-likeness (QED) is 0.780. The minimum Gasteiger partial charge on any atom is -0.387 e. The number of aliphatic hydroxyl groups excluding tert-OH is 1. The van der Waals surface area contributed by atoms with E-state index in [-0.39, 0.29) is 17.4 Å². The van der Waals surface area contributed by atoms with Gasteiger partial charge in [0.05, 0.1) is 6.10 Å². The Morgan fingerprint density at radius 2 is 2.07 bits per heavy atom. The predicted molar refractivity (Wildman–Crippen MR) is 57.0 cm³/mol. The lowest BCUT2D eigenvalue weighted by Crippen LogP contribution is -2.62. The Hall–Kier alpha value is -0.930. The van der Waals surface area contributed by atoms with E-state index < -0.39 is 6.10 Å². The third-order valence-corrected chi connectivity index (χ3v) is 2.91. The van der Waals surface area contributed by atoms with Crippen molar-refractivity contribution in [2.75, 3.05) is 0 Å². The zero-order valence-electron chi connectivity index (χ0n) is 9.00. The highest BCUT2D eigenvalue weighted by atomic mass is 19.1. The summed E-state index contributed by atoms with van der Waals surface area (Å²) in [7, 11) is 0. The summed E-state index contributed by atoms with van der Waals surface area (Å²) in [5.74, 6) is -0.337. The first-order chi connectivity index (χ1) is 6.99. The van der Waals surface area contributed by atoms with Crippen LogP contribution in [0.2, 0.25) is 0 Å². The molecule has 3 heteroatoms. The van der Waals surface area contributed by atoms with Crippen LogP contribution < -0.4 is 5.32 Å². The molecular weight excluding hydrogens is 193 g/mol. The highest BCUT2D eigenvalue weighted by molar-refractivity contribution is 5.22. The Balaban J connectivity index is 2.10. The zero-order valence-corrected chi connectivity index (χ0v) is 9.00. The van der Waals surface area contributed by atoms with Crippen molar-refractivity contribution >= 4 is 0 Å². The molecule has 2 N–H and O–H groups in total. The lowest BCUT2D eigenvalue weighted by molar-refractivity contribution is 0.0369. The molecule has 0 radical (unpaired) electrons. The van der Waals surface area contributed by atoms with Crippen molar-refractivity contribution in [3.05, 3.63) is 35.6 Å². The van der Waals surface area contributed by atoms with Crippen molar-refractivity contribution in [2.24, 2.45) is 0 Å². The smallest absolute Gasteiger partial charge is 0.129 e. The molecular formula is C12H16FNO. The van der Waals surface area contributed by atoms with E-state index in [2.05, 4.69) is 19.2 Å². The molecule has 0 amide bonds. The first-order valence-corrected chi connectivity index (χ1v) is 5.20. The monoisotopic (exact) mass is 209 g/mol. The molecule has 0 bridgehead atoms. The standard InChI is InChI=1S/C12H16FNO/c1-12(2)7-10(14-12)11(15)8-5-3-4-6-9(8)13/h3-6,10-11,14-15H,7H2,1-2H3/t10-,11-/m0/s1. The van der Waals surface area contributed by atoms with Crippen molar-refractivity contribution < 1.29 is 9.50 Å². The molecule has 0 spiro atoms. The molecule has 1 aliphatic rings. The number of benzene rings is 1. The number of hydrogen-bond donors (Lipinski definition) is 2. The lowest BCUT2D eigenvalue weighted by Gasteiger charge is -2.46. The minimum absolute atomic E-state index is 0.0306. The second-order valence-electron chi connectivity index (χ2n) is 4.81. The topological polar surface area (TPSA) is 32.3 Å². The molecule has 2 atom stereocenters. The first-order valence-electron chi connectivity index (χ1n) is 5.20. The van der Waals surface area contributed by atoms with Crippen LogP contribution in [0.1, 0.15) is 31.9 Å². The van der Waals surface area contributed by atoms with Crippen LogP contribution in [0.25, 0.3) is 0 Å². The molecule has 2 nitrogen and oxygen atoms in total. The van der Waals surface area contributed by atoms with Gasteiger partial charge in [-0.15, -0.1) is 0 Å². The molecule has 0 aliphatic carbocycles. The van der Waals surface area contributed by atoms with Crippen molar-refractivity contribution in [1.82, 2.24) is 5.32 Å². The molecule has 0 saturated carbocycles. The van der Waals surface area contributed by atoms with Crippen LogP contribution in [0.15, 0.2) is 24.3 Å². The summed E-state index contributed by atoms with van der Waals surface area (Å²) in [6.07, 6.45) is 0.113. The van der Waals surface area contributed by atoms with Crippen LogP contribution in [0.3, 0.4) is 0 Å². The van der Waals surface area contributed by atoms with E-state index in [4.69, 9.17) is 0 Å². The molecule has 1 aliphatic heterocycles. The Morgan fingerprint density at radius 1 is 1.47 bits per heavy atom. The van der Waals surface area contributed by atoms with E-state index >= 15 is 0 Å². The molecule has 15 heavy (non-hydrogen) atoms. The summed E-state index contributed by atoms with van der Waals surface area (Å²) in [6.45, 7) is 4.13. The van der Waals surface area contributed by atoms with Gasteiger partial charge in [0.25, 0.3) is 0 Å². The van der Waals surface area contributed by atoms with Gasteiger partial charge in [-0.1, -0.05) is 18.2 Å². The number of rotatable bonds is 2. The summed E-state index contributed by atoms with van der Waals surface area (Å²) in [5.41, 5.74) is 0.446. The van der Waals surface area contributed by atoms with E-state index in [9.17, 15) is 9.50 Å². The molecule has 1 aromatic rings. The summed E-state index contributed by atoms with van der Waals surface area (Å²) in [6, 6.07) is 6.35. The Labute approximate surface area is 89.1 Å². The van der Waals surface area contributed by atoms with Crippen LogP contribution in [-0.4, -0.2) is 16.7 Å². The van der Waals surface area contributed by atoms with Crippen molar-refractivity contribution in [3.63, 3.8) is 0 Å². The predicted octanol–water partition coefficient (Wildman–Crippen LogP) is 2.00. The van der Waals surface area contributed by atoms with E-state index in [0.29, 0.717) is 5.56 Å². The van der Waals surface area contributed by atoms with Gasteiger partial charge in [0.1, 0.15) is 5.82 Å². The number of aliphatic hydroxyl groups is 1. The maximum Gasteiger partial charge on any atom is 0.129 e. The summed E-state index contributed by atoms with van der Waals surface area (Å²) >= 11 is 0. The van der Waals surface area contributed by atoms with Gasteiger partial charge in [-0.05, 0) is 26.3 Å². The fraction of sp³-hybridized carbons (Fsp3) is 0.500. The molecule has 2 rings (SSSR count). The lowest BCUT2D eigenvalue weighted by atomic mass is 9.80. The average Bonchev–Trinajstić information content (AvgIpc) is 2.14. The molecule has 1 saturated heterocycles. The zero-order chi connectivity index (χ0) is 11.1. The maximum absolute atomic E-state index is 13.4. The second kappa shape index (κ2) is 3.58. The van der Waals surface area contributed by atoms with Gasteiger partial charge in [-0.2, -0.15) is 0 Å². The van der Waals surface area contributed by atoms with Gasteiger partial charge >= 0.3 is 0 Å². The maximum atomic E-state index is 13.4. The summed E-state index contributed by atoms with van der Waals surface area (Å²) < 4.78 is 13.4. The Bertz CT molecular complexity index is 356. The van der Waals surface area contributed by atoms with Gasteiger partial charge in [0, 0.05) is 17.1 Å². The molecule has 82 valence electrons. The number of hydrogen-bond acceptors (Lipinski definition) is 2. The van der Waals surface area contributed by atoms with Gasteiger partial charge in [0.2, 0.25) is 0 Å². The molecule has 1 heterocycles. The average molecular weight is 209 g/mol. The van der Waals surface area contributed by atoms with Crippen LogP contribution >= 0.6 is 0 Å². The second-order valence-corrected chi connectivity index (χ2v) is 4.81. The van der Waals surface area contributed by atoms with Crippen LogP contribution in [-0.2, 0) is 0 Å². The third-order valence-electron chi connectivity index (χ3n) is 2.91. The first kappa shape index (κ1) is 10.6. The summed E-state index contributed by atoms with van der Waals surface area (Å²) in [5, 5.41) is 13.2. The third kappa shape index (κ3) is 2.03. The van der Waals surface area contributed by atoms with Crippen molar-refractivity contribution in [3.8, 4) is 0 Å². The highest BCUT2D eigenvalue weighted by Crippen LogP contribution is 2.32. The van der Waals surface area contributed by atoms with Crippen LogP contribution in [0, 0.1) is 5.82 Å². The molecule has 0 unspecified atom stereocenters. The van der Waals surface area contributed by atoms with Crippen molar-refractivity contribution in [2.45, 2.75) is 38.0 Å². The van der Waals surface area contributed by atoms with Crippen molar-refractivity contribution in [1.29, 1.82) is 0 Å². The normalized spacial score (nSPS) is 25.7. The molecule has 1 aromatic carbocycles. The fourth-order valence-electron chi connectivity index (χ4n) is 2.15. The van der Waals surface area contributed by atoms with Gasteiger partial charge in [0.15, 0.2) is 0 Å². The van der Waals surface area contributed by atoms with E-state index in [1.54, 1.807) is 18.2 Å². The highest BCUT2D eigenvalue weighted by Gasteiger charge is 2.40. The van der Waals surface area contributed by atoms with Crippen LogP contribution in [0.5, 0.6) is 0 Å². The number of halogens is 1. The van der Waals surface area contributed by atoms with E-state index in [1.807, 2.05) is 0 Å². The Morgan fingerprint density at radius 3 is 2.60 bits per heavy atom. The summed E-state index contributed by atoms with van der Waals surface area (Å²) in [4.78, 5) is 0. The number of nitrogens with one attached hydrogen (secondary N) is 1. The van der Waals surface area contributed by atoms with E-state index in [1.165, 1.54) is 6.07 Å².